The van der Waals surface area contributed by atoms with Gasteiger partial charge in [0, 0.05) is 22.6 Å². The topological polar surface area (TPSA) is 76.1 Å². The smallest absolute Gasteiger partial charge is 0.261 e. The van der Waals surface area contributed by atoms with Gasteiger partial charge < -0.3 is 5.32 Å². The molecule has 1 aromatic carbocycles. The summed E-state index contributed by atoms with van der Waals surface area (Å²) >= 11 is 0. The van der Waals surface area contributed by atoms with Gasteiger partial charge in [0.1, 0.15) is 0 Å². The van der Waals surface area contributed by atoms with E-state index in [4.69, 9.17) is 10.7 Å². The summed E-state index contributed by atoms with van der Waals surface area (Å²) < 4.78 is 35.5. The molecule has 1 N–H and O–H groups in total. The molecule has 8 heteroatoms. The molecule has 2 rings (SSSR count). The minimum atomic E-state index is -3.82. The molecule has 0 fully saturated rings. The Hall–Kier alpha value is -1.99. The molecule has 104 valence electrons. The highest BCUT2D eigenvalue weighted by atomic mass is 35.7. The van der Waals surface area contributed by atoms with E-state index in [0.29, 0.717) is 5.69 Å². The summed E-state index contributed by atoms with van der Waals surface area (Å²) in [5.41, 5.74) is 0.157. The van der Waals surface area contributed by atoms with Gasteiger partial charge in [-0.3, -0.25) is 9.78 Å². The average Bonchev–Trinajstić information content (AvgIpc) is 2.38. The Morgan fingerprint density at radius 3 is 2.40 bits per heavy atom. The van der Waals surface area contributed by atoms with Crippen molar-refractivity contribution in [3.63, 3.8) is 0 Å². The summed E-state index contributed by atoms with van der Waals surface area (Å²) in [7, 11) is 1.35. The van der Waals surface area contributed by atoms with Crippen LogP contribution in [0.4, 0.5) is 10.1 Å². The SMILES string of the molecule is O=C(Nc1ccc(S(=O)(=O)Cl)cc1)c1ccncc1F. The second kappa shape index (κ2) is 5.56. The lowest BCUT2D eigenvalue weighted by molar-refractivity contribution is 0.102. The number of aromatic nitrogens is 1. The summed E-state index contributed by atoms with van der Waals surface area (Å²) in [5.74, 6) is -1.41. The summed E-state index contributed by atoms with van der Waals surface area (Å²) in [6.45, 7) is 0. The normalized spacial score (nSPS) is 11.1. The van der Waals surface area contributed by atoms with Crippen LogP contribution in [0.5, 0.6) is 0 Å². The van der Waals surface area contributed by atoms with E-state index in [-0.39, 0.29) is 10.5 Å². The molecule has 20 heavy (non-hydrogen) atoms. The third kappa shape index (κ3) is 3.31. The van der Waals surface area contributed by atoms with Crippen molar-refractivity contribution >= 4 is 31.3 Å². The number of pyridine rings is 1. The molecule has 5 nitrogen and oxygen atoms in total. The van der Waals surface area contributed by atoms with Crippen LogP contribution < -0.4 is 5.32 Å². The molecule has 0 atom stereocenters. The molecule has 2 aromatic rings. The molecular weight excluding hydrogens is 307 g/mol. The molecule has 0 bridgehead atoms. The van der Waals surface area contributed by atoms with Crippen LogP contribution in [-0.2, 0) is 9.05 Å². The third-order valence-electron chi connectivity index (χ3n) is 2.41. The van der Waals surface area contributed by atoms with Gasteiger partial charge in [-0.25, -0.2) is 12.8 Å². The molecule has 0 aliphatic rings. The third-order valence-corrected chi connectivity index (χ3v) is 3.78. The lowest BCUT2D eigenvalue weighted by Gasteiger charge is -2.06. The highest BCUT2D eigenvalue weighted by molar-refractivity contribution is 8.13. The van der Waals surface area contributed by atoms with Crippen LogP contribution in [0.15, 0.2) is 47.6 Å². The Morgan fingerprint density at radius 2 is 1.85 bits per heavy atom. The summed E-state index contributed by atoms with van der Waals surface area (Å²) in [5, 5.41) is 2.43. The average molecular weight is 315 g/mol. The lowest BCUT2D eigenvalue weighted by atomic mass is 10.2. The van der Waals surface area contributed by atoms with E-state index < -0.39 is 20.8 Å². The van der Waals surface area contributed by atoms with E-state index in [0.717, 1.165) is 6.20 Å². The van der Waals surface area contributed by atoms with Crippen LogP contribution >= 0.6 is 10.7 Å². The van der Waals surface area contributed by atoms with E-state index in [1.165, 1.54) is 36.5 Å². The van der Waals surface area contributed by atoms with Crippen molar-refractivity contribution in [2.45, 2.75) is 4.90 Å². The zero-order valence-electron chi connectivity index (χ0n) is 9.88. The number of halogens is 2. The Balaban J connectivity index is 2.19. The minimum Gasteiger partial charge on any atom is -0.322 e. The van der Waals surface area contributed by atoms with Crippen LogP contribution in [-0.4, -0.2) is 19.3 Å². The van der Waals surface area contributed by atoms with Crippen molar-refractivity contribution in [1.82, 2.24) is 4.98 Å². The molecule has 0 saturated carbocycles. The molecule has 0 saturated heterocycles. The quantitative estimate of drug-likeness (QED) is 0.883. The molecule has 0 aliphatic carbocycles. The second-order valence-electron chi connectivity index (χ2n) is 3.77. The standard InChI is InChI=1S/C12H8ClFN2O3S/c13-20(18,19)9-3-1-8(2-4-9)16-12(17)10-5-6-15-7-11(10)14/h1-7H,(H,16,17). The Bertz CT molecular complexity index is 748. The first-order chi connectivity index (χ1) is 9.38. The van der Waals surface area contributed by atoms with Crippen molar-refractivity contribution in [2.24, 2.45) is 0 Å². The van der Waals surface area contributed by atoms with Gasteiger partial charge in [0.05, 0.1) is 16.7 Å². The highest BCUT2D eigenvalue weighted by Gasteiger charge is 2.13. The fourth-order valence-electron chi connectivity index (χ4n) is 1.46. The summed E-state index contributed by atoms with van der Waals surface area (Å²) in [6.07, 6.45) is 2.22. The molecule has 0 radical (unpaired) electrons. The fourth-order valence-corrected chi connectivity index (χ4v) is 2.23. The number of hydrogen-bond acceptors (Lipinski definition) is 4. The van der Waals surface area contributed by atoms with Crippen LogP contribution in [0.1, 0.15) is 10.4 Å². The molecule has 1 heterocycles. The molecule has 0 aliphatic heterocycles. The Labute approximate surface area is 118 Å². The van der Waals surface area contributed by atoms with E-state index >= 15 is 0 Å². The zero-order chi connectivity index (χ0) is 14.8. The number of hydrogen-bond donors (Lipinski definition) is 1. The maximum Gasteiger partial charge on any atom is 0.261 e. The maximum atomic E-state index is 13.3. The van der Waals surface area contributed by atoms with E-state index in [1.54, 1.807) is 0 Å². The van der Waals surface area contributed by atoms with Gasteiger partial charge in [-0.05, 0) is 30.3 Å². The van der Waals surface area contributed by atoms with Crippen molar-refractivity contribution < 1.29 is 17.6 Å². The van der Waals surface area contributed by atoms with E-state index in [1.807, 2.05) is 0 Å². The molecule has 0 unspecified atom stereocenters. The van der Waals surface area contributed by atoms with Crippen molar-refractivity contribution in [1.29, 1.82) is 0 Å². The Kier molecular flexibility index (Phi) is 4.01. The number of amides is 1. The van der Waals surface area contributed by atoms with Gasteiger partial charge in [0.25, 0.3) is 15.0 Å². The van der Waals surface area contributed by atoms with Crippen LogP contribution in [0.3, 0.4) is 0 Å². The number of benzene rings is 1. The number of nitrogens with zero attached hydrogens (tertiary/aromatic N) is 1. The van der Waals surface area contributed by atoms with Crippen LogP contribution in [0.2, 0.25) is 0 Å². The second-order valence-corrected chi connectivity index (χ2v) is 6.34. The van der Waals surface area contributed by atoms with Crippen LogP contribution in [0, 0.1) is 5.82 Å². The molecule has 1 amide bonds. The molecular formula is C12H8ClFN2O3S. The zero-order valence-corrected chi connectivity index (χ0v) is 11.5. The first kappa shape index (κ1) is 14.4. The van der Waals surface area contributed by atoms with Gasteiger partial charge in [-0.1, -0.05) is 0 Å². The predicted molar refractivity (Wildman–Crippen MR) is 71.6 cm³/mol. The fraction of sp³-hybridized carbons (Fsp3) is 0. The molecule has 0 spiro atoms. The maximum absolute atomic E-state index is 13.3. The van der Waals surface area contributed by atoms with E-state index in [9.17, 15) is 17.6 Å². The summed E-state index contributed by atoms with van der Waals surface area (Å²) in [6, 6.07) is 6.42. The van der Waals surface area contributed by atoms with Crippen molar-refractivity contribution in [2.75, 3.05) is 5.32 Å². The van der Waals surface area contributed by atoms with Gasteiger partial charge >= 0.3 is 0 Å². The first-order valence-electron chi connectivity index (χ1n) is 5.33. The van der Waals surface area contributed by atoms with Gasteiger partial charge in [0.15, 0.2) is 5.82 Å². The van der Waals surface area contributed by atoms with Gasteiger partial charge in [-0.15, -0.1) is 0 Å². The summed E-state index contributed by atoms with van der Waals surface area (Å²) in [4.78, 5) is 15.2. The van der Waals surface area contributed by atoms with Gasteiger partial charge in [0.2, 0.25) is 0 Å². The number of nitrogens with one attached hydrogen (secondary N) is 1. The monoisotopic (exact) mass is 314 g/mol. The van der Waals surface area contributed by atoms with Crippen molar-refractivity contribution in [3.05, 3.63) is 54.1 Å². The number of rotatable bonds is 3. The van der Waals surface area contributed by atoms with Crippen LogP contribution in [0.25, 0.3) is 0 Å². The number of carbonyl (C=O) groups excluding carboxylic acids is 1. The highest BCUT2D eigenvalue weighted by Crippen LogP contribution is 2.18. The Morgan fingerprint density at radius 1 is 1.20 bits per heavy atom. The molecule has 1 aromatic heterocycles. The predicted octanol–water partition coefficient (Wildman–Crippen LogP) is 2.40. The van der Waals surface area contributed by atoms with Crippen molar-refractivity contribution in [3.8, 4) is 0 Å². The van der Waals surface area contributed by atoms with E-state index in [2.05, 4.69) is 10.3 Å². The lowest BCUT2D eigenvalue weighted by Crippen LogP contribution is -2.13. The minimum absolute atomic E-state index is 0.0905. The number of carbonyl (C=O) groups is 1. The first-order valence-corrected chi connectivity index (χ1v) is 7.64. The largest absolute Gasteiger partial charge is 0.322 e. The van der Waals surface area contributed by atoms with Gasteiger partial charge in [-0.2, -0.15) is 0 Å². The number of anilines is 1.